The van der Waals surface area contributed by atoms with E-state index in [9.17, 15) is 9.59 Å². The van der Waals surface area contributed by atoms with E-state index in [0.717, 1.165) is 12.8 Å². The molecule has 0 saturated carbocycles. The number of nitrogens with zero attached hydrogens (tertiary/aromatic N) is 1. The van der Waals surface area contributed by atoms with Gasteiger partial charge in [-0.2, -0.15) is 0 Å². The van der Waals surface area contributed by atoms with Crippen molar-refractivity contribution >= 4 is 41.5 Å². The molecule has 1 unspecified atom stereocenters. The normalized spacial score (nSPS) is 17.6. The van der Waals surface area contributed by atoms with Crippen molar-refractivity contribution < 1.29 is 9.59 Å². The number of likely N-dealkylation sites (tertiary alicyclic amines) is 1. The molecule has 1 atom stereocenters. The van der Waals surface area contributed by atoms with Crippen LogP contribution < -0.4 is 11.1 Å². The van der Waals surface area contributed by atoms with Gasteiger partial charge in [-0.25, -0.2) is 0 Å². The zero-order chi connectivity index (χ0) is 16.3. The fourth-order valence-corrected chi connectivity index (χ4v) is 2.62. The summed E-state index contributed by atoms with van der Waals surface area (Å²) in [6.45, 7) is 4.85. The summed E-state index contributed by atoms with van der Waals surface area (Å²) in [6.07, 6.45) is 1.83. The Labute approximate surface area is 148 Å². The standard InChI is InChI=1S/C16H22ClN3O2.ClH/c1-10(2)15(21)19-12-5-6-14(17)13(8-12)16(22)20-7-3-4-11(18)9-20;/h5-6,8,10-11H,3-4,7,9,18H2,1-2H3,(H,19,21);1H. The summed E-state index contributed by atoms with van der Waals surface area (Å²) in [7, 11) is 0. The van der Waals surface area contributed by atoms with E-state index in [-0.39, 0.29) is 36.2 Å². The van der Waals surface area contributed by atoms with E-state index in [2.05, 4.69) is 5.32 Å². The molecule has 128 valence electrons. The average molecular weight is 360 g/mol. The van der Waals surface area contributed by atoms with Crippen molar-refractivity contribution in [1.82, 2.24) is 4.90 Å². The Morgan fingerprint density at radius 2 is 2.09 bits per heavy atom. The Balaban J connectivity index is 0.00000264. The second-order valence-corrected chi connectivity index (χ2v) is 6.40. The van der Waals surface area contributed by atoms with Crippen molar-refractivity contribution in [2.45, 2.75) is 32.7 Å². The summed E-state index contributed by atoms with van der Waals surface area (Å²) < 4.78 is 0. The quantitative estimate of drug-likeness (QED) is 0.870. The van der Waals surface area contributed by atoms with E-state index >= 15 is 0 Å². The number of rotatable bonds is 3. The third kappa shape index (κ3) is 5.09. The molecule has 2 rings (SSSR count). The number of piperidine rings is 1. The molecule has 1 aromatic carbocycles. The number of halogens is 2. The molecule has 23 heavy (non-hydrogen) atoms. The van der Waals surface area contributed by atoms with E-state index < -0.39 is 0 Å². The lowest BCUT2D eigenvalue weighted by molar-refractivity contribution is -0.118. The van der Waals surface area contributed by atoms with Gasteiger partial charge in [-0.05, 0) is 31.0 Å². The molecule has 1 saturated heterocycles. The van der Waals surface area contributed by atoms with Crippen molar-refractivity contribution in [3.63, 3.8) is 0 Å². The fourth-order valence-electron chi connectivity index (χ4n) is 2.42. The molecule has 0 spiro atoms. The smallest absolute Gasteiger partial charge is 0.255 e. The van der Waals surface area contributed by atoms with Gasteiger partial charge < -0.3 is 16.0 Å². The number of nitrogens with two attached hydrogens (primary N) is 1. The Hall–Kier alpha value is -1.30. The highest BCUT2D eigenvalue weighted by Gasteiger charge is 2.24. The molecular formula is C16H23Cl2N3O2. The third-order valence-electron chi connectivity index (χ3n) is 3.73. The van der Waals surface area contributed by atoms with Crippen LogP contribution in [-0.4, -0.2) is 35.8 Å². The monoisotopic (exact) mass is 359 g/mol. The number of hydrogen-bond acceptors (Lipinski definition) is 3. The summed E-state index contributed by atoms with van der Waals surface area (Å²) in [5.74, 6) is -0.364. The second-order valence-electron chi connectivity index (χ2n) is 5.99. The Morgan fingerprint density at radius 1 is 1.39 bits per heavy atom. The number of amides is 2. The first-order valence-electron chi connectivity index (χ1n) is 7.53. The first-order valence-corrected chi connectivity index (χ1v) is 7.91. The van der Waals surface area contributed by atoms with Crippen LogP contribution in [0.25, 0.3) is 0 Å². The van der Waals surface area contributed by atoms with Gasteiger partial charge in [0.05, 0.1) is 10.6 Å². The van der Waals surface area contributed by atoms with Crippen LogP contribution in [0.4, 0.5) is 5.69 Å². The maximum atomic E-state index is 12.6. The number of anilines is 1. The molecule has 2 amide bonds. The first kappa shape index (κ1) is 19.7. The van der Waals surface area contributed by atoms with Gasteiger partial charge in [-0.15, -0.1) is 12.4 Å². The first-order chi connectivity index (χ1) is 10.4. The minimum Gasteiger partial charge on any atom is -0.337 e. The Bertz CT molecular complexity index is 578. The van der Waals surface area contributed by atoms with Crippen LogP contribution in [-0.2, 0) is 4.79 Å². The Kier molecular flexibility index (Phi) is 7.32. The number of benzene rings is 1. The lowest BCUT2D eigenvalue weighted by Gasteiger charge is -2.31. The molecule has 1 aliphatic rings. The average Bonchev–Trinajstić information content (AvgIpc) is 2.48. The number of carbonyl (C=O) groups is 2. The van der Waals surface area contributed by atoms with Crippen LogP contribution in [0.15, 0.2) is 18.2 Å². The minimum absolute atomic E-state index is 0. The van der Waals surface area contributed by atoms with Crippen LogP contribution in [0, 0.1) is 5.92 Å². The Morgan fingerprint density at radius 3 is 2.70 bits per heavy atom. The van der Waals surface area contributed by atoms with Gasteiger partial charge in [0.2, 0.25) is 5.91 Å². The molecular weight excluding hydrogens is 337 g/mol. The van der Waals surface area contributed by atoms with Gasteiger partial charge in [0.25, 0.3) is 5.91 Å². The van der Waals surface area contributed by atoms with E-state index in [1.165, 1.54) is 0 Å². The number of hydrogen-bond donors (Lipinski definition) is 2. The van der Waals surface area contributed by atoms with Crippen molar-refractivity contribution in [3.8, 4) is 0 Å². The predicted molar refractivity (Wildman–Crippen MR) is 95.3 cm³/mol. The molecule has 0 radical (unpaired) electrons. The van der Waals surface area contributed by atoms with Gasteiger partial charge in [0.15, 0.2) is 0 Å². The third-order valence-corrected chi connectivity index (χ3v) is 4.06. The van der Waals surface area contributed by atoms with Crippen LogP contribution in [0.1, 0.15) is 37.0 Å². The molecule has 1 heterocycles. The summed E-state index contributed by atoms with van der Waals surface area (Å²) in [6, 6.07) is 4.97. The van der Waals surface area contributed by atoms with Gasteiger partial charge in [0, 0.05) is 30.7 Å². The van der Waals surface area contributed by atoms with Gasteiger partial charge in [-0.1, -0.05) is 25.4 Å². The molecule has 5 nitrogen and oxygen atoms in total. The van der Waals surface area contributed by atoms with E-state index in [4.69, 9.17) is 17.3 Å². The SMILES string of the molecule is CC(C)C(=O)Nc1ccc(Cl)c(C(=O)N2CCCC(N)C2)c1.Cl. The van der Waals surface area contributed by atoms with Gasteiger partial charge in [-0.3, -0.25) is 9.59 Å². The lowest BCUT2D eigenvalue weighted by Crippen LogP contribution is -2.45. The lowest BCUT2D eigenvalue weighted by atomic mass is 10.0. The molecule has 7 heteroatoms. The molecule has 1 aliphatic heterocycles. The number of carbonyl (C=O) groups excluding carboxylic acids is 2. The van der Waals surface area contributed by atoms with E-state index in [1.807, 2.05) is 13.8 Å². The van der Waals surface area contributed by atoms with Crippen LogP contribution >= 0.6 is 24.0 Å². The number of nitrogens with one attached hydrogen (secondary N) is 1. The van der Waals surface area contributed by atoms with Crippen molar-refractivity contribution in [2.75, 3.05) is 18.4 Å². The van der Waals surface area contributed by atoms with Crippen LogP contribution in [0.3, 0.4) is 0 Å². The molecule has 1 aromatic rings. The highest BCUT2D eigenvalue weighted by atomic mass is 35.5. The van der Waals surface area contributed by atoms with Gasteiger partial charge in [0.1, 0.15) is 0 Å². The van der Waals surface area contributed by atoms with Crippen molar-refractivity contribution in [3.05, 3.63) is 28.8 Å². The highest BCUT2D eigenvalue weighted by Crippen LogP contribution is 2.24. The summed E-state index contributed by atoms with van der Waals surface area (Å²) in [5.41, 5.74) is 6.90. The van der Waals surface area contributed by atoms with Gasteiger partial charge >= 0.3 is 0 Å². The summed E-state index contributed by atoms with van der Waals surface area (Å²) in [4.78, 5) is 26.1. The van der Waals surface area contributed by atoms with Crippen molar-refractivity contribution in [2.24, 2.45) is 11.7 Å². The van der Waals surface area contributed by atoms with Crippen LogP contribution in [0.2, 0.25) is 5.02 Å². The molecule has 3 N–H and O–H groups in total. The fraction of sp³-hybridized carbons (Fsp3) is 0.500. The summed E-state index contributed by atoms with van der Waals surface area (Å²) in [5, 5.41) is 3.16. The maximum absolute atomic E-state index is 12.6. The molecule has 0 aliphatic carbocycles. The molecule has 1 fully saturated rings. The molecule has 0 aromatic heterocycles. The summed E-state index contributed by atoms with van der Waals surface area (Å²) >= 11 is 6.15. The predicted octanol–water partition coefficient (Wildman–Crippen LogP) is 2.92. The zero-order valence-corrected chi connectivity index (χ0v) is 14.9. The highest BCUT2D eigenvalue weighted by molar-refractivity contribution is 6.34. The van der Waals surface area contributed by atoms with Crippen LogP contribution in [0.5, 0.6) is 0 Å². The van der Waals surface area contributed by atoms with Crippen molar-refractivity contribution in [1.29, 1.82) is 0 Å². The zero-order valence-electron chi connectivity index (χ0n) is 13.3. The van der Waals surface area contributed by atoms with E-state index in [0.29, 0.717) is 29.4 Å². The largest absolute Gasteiger partial charge is 0.337 e. The second kappa shape index (κ2) is 8.52. The van der Waals surface area contributed by atoms with E-state index in [1.54, 1.807) is 23.1 Å². The topological polar surface area (TPSA) is 75.4 Å². The minimum atomic E-state index is -0.138. The maximum Gasteiger partial charge on any atom is 0.255 e. The molecule has 0 bridgehead atoms.